The van der Waals surface area contributed by atoms with Crippen LogP contribution in [0.3, 0.4) is 0 Å². The Kier molecular flexibility index (Phi) is 5.89. The summed E-state index contributed by atoms with van der Waals surface area (Å²) < 4.78 is 5.59. The normalized spacial score (nSPS) is 12.6. The largest absolute Gasteiger partial charge is 0.494 e. The Balaban J connectivity index is 1.52. The number of nitrogens with one attached hydrogen (secondary N) is 1. The third kappa shape index (κ3) is 4.23. The molecule has 2 aromatic carbocycles. The molecule has 1 N–H and O–H groups in total. The van der Waals surface area contributed by atoms with Crippen LogP contribution < -0.4 is 15.0 Å². The fraction of sp³-hybridized carbons (Fsp3) is 0.333. The second kappa shape index (κ2) is 8.52. The van der Waals surface area contributed by atoms with Gasteiger partial charge in [0.1, 0.15) is 5.75 Å². The molecule has 0 radical (unpaired) electrons. The lowest BCUT2D eigenvalue weighted by Gasteiger charge is -2.17. The van der Waals surface area contributed by atoms with E-state index in [4.69, 9.17) is 4.74 Å². The molecule has 0 saturated heterocycles. The van der Waals surface area contributed by atoms with Crippen LogP contribution in [-0.2, 0) is 11.2 Å². The summed E-state index contributed by atoms with van der Waals surface area (Å²) in [6.07, 6.45) is 2.94. The minimum atomic E-state index is -0.258. The summed E-state index contributed by atoms with van der Waals surface area (Å²) in [4.78, 5) is 26.4. The Labute approximate surface area is 154 Å². The molecule has 136 valence electrons. The van der Waals surface area contributed by atoms with E-state index in [0.29, 0.717) is 18.7 Å². The molecule has 1 aliphatic rings. The second-order valence-electron chi connectivity index (χ2n) is 6.33. The van der Waals surface area contributed by atoms with E-state index in [-0.39, 0.29) is 18.4 Å². The van der Waals surface area contributed by atoms with Crippen molar-refractivity contribution in [2.24, 2.45) is 0 Å². The average Bonchev–Trinajstić information content (AvgIpc) is 3.11. The maximum Gasteiger partial charge on any atom is 0.251 e. The lowest BCUT2D eigenvalue weighted by molar-refractivity contribution is -0.117. The van der Waals surface area contributed by atoms with Gasteiger partial charge in [-0.25, -0.2) is 0 Å². The van der Waals surface area contributed by atoms with Gasteiger partial charge in [-0.1, -0.05) is 31.5 Å². The summed E-state index contributed by atoms with van der Waals surface area (Å²) in [5.41, 5.74) is 2.63. The van der Waals surface area contributed by atoms with Crippen molar-refractivity contribution in [3.05, 3.63) is 59.7 Å². The molecule has 0 spiro atoms. The van der Waals surface area contributed by atoms with Crippen molar-refractivity contribution in [3.63, 3.8) is 0 Å². The van der Waals surface area contributed by atoms with E-state index in [1.807, 2.05) is 24.3 Å². The molecule has 0 saturated carbocycles. The number of carbonyl (C=O) groups is 2. The van der Waals surface area contributed by atoms with Gasteiger partial charge in [0.25, 0.3) is 5.91 Å². The number of fused-ring (bicyclic) bond motifs is 1. The predicted molar refractivity (Wildman–Crippen MR) is 102 cm³/mol. The van der Waals surface area contributed by atoms with Crippen molar-refractivity contribution in [1.29, 1.82) is 0 Å². The van der Waals surface area contributed by atoms with E-state index >= 15 is 0 Å². The first-order valence-corrected chi connectivity index (χ1v) is 9.08. The summed E-state index contributed by atoms with van der Waals surface area (Å²) in [7, 11) is 0. The smallest absolute Gasteiger partial charge is 0.251 e. The first kappa shape index (κ1) is 18.0. The number of ether oxygens (including phenoxy) is 1. The molecule has 0 bridgehead atoms. The van der Waals surface area contributed by atoms with Gasteiger partial charge in [-0.15, -0.1) is 0 Å². The van der Waals surface area contributed by atoms with Crippen LogP contribution in [0.4, 0.5) is 5.69 Å². The molecule has 2 amide bonds. The summed E-state index contributed by atoms with van der Waals surface area (Å²) in [5, 5.41) is 2.71. The fourth-order valence-corrected chi connectivity index (χ4v) is 2.99. The maximum absolute atomic E-state index is 12.4. The zero-order valence-corrected chi connectivity index (χ0v) is 15.0. The molecule has 5 nitrogen and oxygen atoms in total. The Bertz CT molecular complexity index is 771. The first-order valence-electron chi connectivity index (χ1n) is 9.08. The number of amides is 2. The number of anilines is 1. The van der Waals surface area contributed by atoms with Gasteiger partial charge in [-0.3, -0.25) is 9.59 Å². The average molecular weight is 352 g/mol. The van der Waals surface area contributed by atoms with Gasteiger partial charge in [-0.2, -0.15) is 0 Å². The standard InChI is InChI=1S/C21H24N2O3/c1-2-3-14-26-18-10-8-17(9-11-18)21(25)22-15-20(24)23-13-12-16-6-4-5-7-19(16)23/h4-11H,2-3,12-15H2,1H3,(H,22,25). The Morgan fingerprint density at radius 3 is 2.65 bits per heavy atom. The number of nitrogens with zero attached hydrogens (tertiary/aromatic N) is 1. The Morgan fingerprint density at radius 2 is 1.88 bits per heavy atom. The Morgan fingerprint density at radius 1 is 1.12 bits per heavy atom. The number of para-hydroxylation sites is 1. The quantitative estimate of drug-likeness (QED) is 0.779. The lowest BCUT2D eigenvalue weighted by atomic mass is 10.2. The van der Waals surface area contributed by atoms with E-state index < -0.39 is 0 Å². The third-order valence-corrected chi connectivity index (χ3v) is 4.47. The lowest BCUT2D eigenvalue weighted by Crippen LogP contribution is -2.39. The van der Waals surface area contributed by atoms with Crippen LogP contribution in [0.5, 0.6) is 5.75 Å². The highest BCUT2D eigenvalue weighted by Gasteiger charge is 2.24. The van der Waals surface area contributed by atoms with Crippen LogP contribution in [0.1, 0.15) is 35.7 Å². The van der Waals surface area contributed by atoms with Crippen molar-refractivity contribution >= 4 is 17.5 Å². The molecule has 26 heavy (non-hydrogen) atoms. The molecule has 0 unspecified atom stereocenters. The molecule has 0 aliphatic carbocycles. The predicted octanol–water partition coefficient (Wildman–Crippen LogP) is 3.18. The molecule has 2 aromatic rings. The zero-order valence-electron chi connectivity index (χ0n) is 15.0. The van der Waals surface area contributed by atoms with E-state index in [9.17, 15) is 9.59 Å². The van der Waals surface area contributed by atoms with Gasteiger partial charge in [0.05, 0.1) is 13.2 Å². The summed E-state index contributed by atoms with van der Waals surface area (Å²) >= 11 is 0. The van der Waals surface area contributed by atoms with Crippen LogP contribution >= 0.6 is 0 Å². The number of hydrogen-bond donors (Lipinski definition) is 1. The minimum absolute atomic E-state index is 0.0120. The molecule has 3 rings (SSSR count). The van der Waals surface area contributed by atoms with Crippen LogP contribution in [0, 0.1) is 0 Å². The zero-order chi connectivity index (χ0) is 18.4. The van der Waals surface area contributed by atoms with Crippen LogP contribution in [0.15, 0.2) is 48.5 Å². The van der Waals surface area contributed by atoms with E-state index in [1.165, 1.54) is 5.56 Å². The molecular formula is C21H24N2O3. The van der Waals surface area contributed by atoms with Crippen molar-refractivity contribution in [1.82, 2.24) is 5.32 Å². The summed E-state index contributed by atoms with van der Waals surface area (Å²) in [6.45, 7) is 3.44. The molecule has 0 aromatic heterocycles. The van der Waals surface area contributed by atoms with Gasteiger partial charge < -0.3 is 15.0 Å². The van der Waals surface area contributed by atoms with Gasteiger partial charge >= 0.3 is 0 Å². The summed E-state index contributed by atoms with van der Waals surface area (Å²) in [5.74, 6) is 0.397. The third-order valence-electron chi connectivity index (χ3n) is 4.47. The van der Waals surface area contributed by atoms with Crippen molar-refractivity contribution in [3.8, 4) is 5.75 Å². The first-order chi connectivity index (χ1) is 12.7. The van der Waals surface area contributed by atoms with E-state index in [2.05, 4.69) is 12.2 Å². The number of rotatable bonds is 7. The molecular weight excluding hydrogens is 328 g/mol. The van der Waals surface area contributed by atoms with E-state index in [1.54, 1.807) is 29.2 Å². The minimum Gasteiger partial charge on any atom is -0.494 e. The van der Waals surface area contributed by atoms with Gasteiger partial charge in [0.15, 0.2) is 0 Å². The monoisotopic (exact) mass is 352 g/mol. The number of carbonyl (C=O) groups excluding carboxylic acids is 2. The van der Waals surface area contributed by atoms with Crippen molar-refractivity contribution in [2.75, 3.05) is 24.6 Å². The molecule has 0 atom stereocenters. The topological polar surface area (TPSA) is 58.6 Å². The molecule has 1 heterocycles. The van der Waals surface area contributed by atoms with Gasteiger partial charge in [0, 0.05) is 17.8 Å². The van der Waals surface area contributed by atoms with Gasteiger partial charge in [0.2, 0.25) is 5.91 Å². The van der Waals surface area contributed by atoms with Crippen molar-refractivity contribution < 1.29 is 14.3 Å². The highest BCUT2D eigenvalue weighted by molar-refractivity contribution is 6.01. The van der Waals surface area contributed by atoms with Gasteiger partial charge in [-0.05, 0) is 48.7 Å². The number of benzene rings is 2. The number of unbranched alkanes of at least 4 members (excludes halogenated alkanes) is 1. The van der Waals surface area contributed by atoms with Crippen LogP contribution in [0.25, 0.3) is 0 Å². The fourth-order valence-electron chi connectivity index (χ4n) is 2.99. The SMILES string of the molecule is CCCCOc1ccc(C(=O)NCC(=O)N2CCc3ccccc32)cc1. The maximum atomic E-state index is 12.4. The Hall–Kier alpha value is -2.82. The van der Waals surface area contributed by atoms with Crippen LogP contribution in [-0.4, -0.2) is 31.5 Å². The molecule has 5 heteroatoms. The summed E-state index contributed by atoms with van der Waals surface area (Å²) in [6, 6.07) is 14.9. The molecule has 0 fully saturated rings. The highest BCUT2D eigenvalue weighted by Crippen LogP contribution is 2.27. The second-order valence-corrected chi connectivity index (χ2v) is 6.33. The van der Waals surface area contributed by atoms with Crippen molar-refractivity contribution in [2.45, 2.75) is 26.2 Å². The number of hydrogen-bond acceptors (Lipinski definition) is 3. The molecule has 1 aliphatic heterocycles. The van der Waals surface area contributed by atoms with Crippen LogP contribution in [0.2, 0.25) is 0 Å². The van der Waals surface area contributed by atoms with E-state index in [0.717, 1.165) is 30.7 Å². The highest BCUT2D eigenvalue weighted by atomic mass is 16.5.